The van der Waals surface area contributed by atoms with Gasteiger partial charge in [0.2, 0.25) is 0 Å². The minimum atomic E-state index is -1.13. The molecule has 0 aromatic heterocycles. The second kappa shape index (κ2) is 6.36. The minimum Gasteiger partial charge on any atom is -0.384 e. The predicted molar refractivity (Wildman–Crippen MR) is 85.7 cm³/mol. The number of benzene rings is 2. The van der Waals surface area contributed by atoms with E-state index < -0.39 is 5.60 Å². The number of hydrogen-bond acceptors (Lipinski definition) is 3. The first kappa shape index (κ1) is 15.7. The first-order chi connectivity index (χ1) is 9.94. The fourth-order valence-electron chi connectivity index (χ4n) is 1.98. The van der Waals surface area contributed by atoms with Crippen LogP contribution in [-0.2, 0) is 5.60 Å². The molecule has 2 rings (SSSR count). The number of hydrogen-bond donors (Lipinski definition) is 2. The van der Waals surface area contributed by atoms with Gasteiger partial charge in [-0.05, 0) is 31.2 Å². The zero-order chi connectivity index (χ0) is 15.5. The van der Waals surface area contributed by atoms with Crippen molar-refractivity contribution >= 4 is 28.9 Å². The monoisotopic (exact) mass is 320 g/mol. The Labute approximate surface area is 133 Å². The van der Waals surface area contributed by atoms with Crippen molar-refractivity contribution in [3.8, 4) is 6.07 Å². The largest absolute Gasteiger partial charge is 0.384 e. The maximum atomic E-state index is 10.6. The number of nitrogens with zero attached hydrogens (tertiary/aromatic N) is 1. The van der Waals surface area contributed by atoms with Crippen LogP contribution in [0.2, 0.25) is 10.0 Å². The molecule has 0 aliphatic heterocycles. The van der Waals surface area contributed by atoms with Crippen LogP contribution in [0.25, 0.3) is 0 Å². The topological polar surface area (TPSA) is 56.0 Å². The zero-order valence-corrected chi connectivity index (χ0v) is 12.9. The van der Waals surface area contributed by atoms with Crippen molar-refractivity contribution in [1.82, 2.24) is 0 Å². The van der Waals surface area contributed by atoms with E-state index in [4.69, 9.17) is 28.5 Å². The lowest BCUT2D eigenvalue weighted by molar-refractivity contribution is 0.0716. The van der Waals surface area contributed by atoms with Crippen molar-refractivity contribution in [1.29, 1.82) is 5.26 Å². The van der Waals surface area contributed by atoms with Gasteiger partial charge in [0.25, 0.3) is 0 Å². The maximum Gasteiger partial charge on any atom is 0.105 e. The maximum absolute atomic E-state index is 10.6. The van der Waals surface area contributed by atoms with Gasteiger partial charge in [-0.2, -0.15) is 5.26 Å². The van der Waals surface area contributed by atoms with Crippen LogP contribution < -0.4 is 5.32 Å². The first-order valence-electron chi connectivity index (χ1n) is 6.35. The number of nitriles is 1. The molecule has 0 aliphatic rings. The van der Waals surface area contributed by atoms with Gasteiger partial charge >= 0.3 is 0 Å². The summed E-state index contributed by atoms with van der Waals surface area (Å²) < 4.78 is 0. The smallest absolute Gasteiger partial charge is 0.105 e. The van der Waals surface area contributed by atoms with E-state index in [0.29, 0.717) is 21.2 Å². The molecule has 0 amide bonds. The third-order valence-corrected chi connectivity index (χ3v) is 3.82. The normalized spacial score (nSPS) is 13.3. The van der Waals surface area contributed by atoms with Crippen molar-refractivity contribution in [3.05, 3.63) is 63.6 Å². The van der Waals surface area contributed by atoms with Crippen LogP contribution >= 0.6 is 23.2 Å². The summed E-state index contributed by atoms with van der Waals surface area (Å²) in [5.74, 6) is 0. The average Bonchev–Trinajstić information content (AvgIpc) is 2.45. The number of nitrogens with one attached hydrogen (secondary N) is 1. The van der Waals surface area contributed by atoms with Crippen molar-refractivity contribution in [2.24, 2.45) is 0 Å². The average molecular weight is 321 g/mol. The quantitative estimate of drug-likeness (QED) is 0.888. The molecule has 2 aromatic carbocycles. The second-order valence-corrected chi connectivity index (χ2v) is 5.73. The van der Waals surface area contributed by atoms with Crippen molar-refractivity contribution in [3.63, 3.8) is 0 Å². The molecule has 1 atom stereocenters. The molecule has 0 saturated carbocycles. The predicted octanol–water partition coefficient (Wildman–Crippen LogP) is 4.18. The highest BCUT2D eigenvalue weighted by Gasteiger charge is 2.25. The highest BCUT2D eigenvalue weighted by molar-refractivity contribution is 6.32. The Balaban J connectivity index is 2.14. The summed E-state index contributed by atoms with van der Waals surface area (Å²) in [5.41, 5.74) is 0.670. The molecule has 3 nitrogen and oxygen atoms in total. The number of aliphatic hydroxyl groups is 1. The lowest BCUT2D eigenvalue weighted by atomic mass is 9.96. The Morgan fingerprint density at radius 2 is 1.90 bits per heavy atom. The summed E-state index contributed by atoms with van der Waals surface area (Å²) in [6.45, 7) is 1.95. The molecule has 2 N–H and O–H groups in total. The zero-order valence-electron chi connectivity index (χ0n) is 11.4. The Kier molecular flexibility index (Phi) is 4.74. The summed E-state index contributed by atoms with van der Waals surface area (Å²) in [5, 5.41) is 23.4. The number of halogens is 2. The van der Waals surface area contributed by atoms with Gasteiger partial charge < -0.3 is 10.4 Å². The Morgan fingerprint density at radius 1 is 1.19 bits per heavy atom. The van der Waals surface area contributed by atoms with Gasteiger partial charge in [-0.3, -0.25) is 0 Å². The van der Waals surface area contributed by atoms with E-state index in [1.807, 2.05) is 18.2 Å². The van der Waals surface area contributed by atoms with Crippen LogP contribution in [0, 0.1) is 11.3 Å². The lowest BCUT2D eigenvalue weighted by Crippen LogP contribution is -2.31. The van der Waals surface area contributed by atoms with Gasteiger partial charge in [0, 0.05) is 22.8 Å². The second-order valence-electron chi connectivity index (χ2n) is 4.91. The van der Waals surface area contributed by atoms with Crippen LogP contribution in [0.1, 0.15) is 18.1 Å². The Hall–Kier alpha value is -1.73. The molecule has 0 fully saturated rings. The Morgan fingerprint density at radius 3 is 2.52 bits per heavy atom. The molecule has 0 saturated heterocycles. The van der Waals surface area contributed by atoms with Gasteiger partial charge in [0.1, 0.15) is 11.7 Å². The third-order valence-electron chi connectivity index (χ3n) is 3.18. The molecule has 21 heavy (non-hydrogen) atoms. The van der Waals surface area contributed by atoms with Gasteiger partial charge in [0.05, 0.1) is 10.6 Å². The van der Waals surface area contributed by atoms with E-state index in [1.165, 1.54) is 0 Å². The first-order valence-corrected chi connectivity index (χ1v) is 7.10. The summed E-state index contributed by atoms with van der Waals surface area (Å²) >= 11 is 12.1. The molecule has 0 radical (unpaired) electrons. The highest BCUT2D eigenvalue weighted by atomic mass is 35.5. The van der Waals surface area contributed by atoms with Crippen LogP contribution in [0.15, 0.2) is 42.5 Å². The summed E-state index contributed by atoms with van der Waals surface area (Å²) in [6.07, 6.45) is 0. The highest BCUT2D eigenvalue weighted by Crippen LogP contribution is 2.28. The fraction of sp³-hybridized carbons (Fsp3) is 0.188. The third kappa shape index (κ3) is 3.68. The molecular weight excluding hydrogens is 307 g/mol. The van der Waals surface area contributed by atoms with E-state index >= 15 is 0 Å². The van der Waals surface area contributed by atoms with E-state index in [0.717, 1.165) is 5.69 Å². The van der Waals surface area contributed by atoms with Crippen molar-refractivity contribution in [2.75, 3.05) is 11.9 Å². The van der Waals surface area contributed by atoms with Gasteiger partial charge in [-0.1, -0.05) is 41.4 Å². The van der Waals surface area contributed by atoms with Gasteiger partial charge in [-0.15, -0.1) is 0 Å². The molecule has 0 spiro atoms. The van der Waals surface area contributed by atoms with Crippen LogP contribution in [-0.4, -0.2) is 11.7 Å². The fourth-order valence-corrected chi connectivity index (χ4v) is 2.55. The molecule has 108 valence electrons. The molecular formula is C16H14Cl2N2O. The van der Waals surface area contributed by atoms with E-state index in [9.17, 15) is 5.11 Å². The molecule has 0 bridgehead atoms. The molecule has 2 aromatic rings. The molecule has 0 aliphatic carbocycles. The van der Waals surface area contributed by atoms with Crippen LogP contribution in [0.4, 0.5) is 5.69 Å². The van der Waals surface area contributed by atoms with E-state index in [2.05, 4.69) is 5.32 Å². The van der Waals surface area contributed by atoms with Crippen molar-refractivity contribution in [2.45, 2.75) is 12.5 Å². The molecule has 0 heterocycles. The summed E-state index contributed by atoms with van der Waals surface area (Å²) in [4.78, 5) is 0. The SMILES string of the molecule is CC(O)(CNc1ccc(C#N)c(Cl)c1)c1ccccc1Cl. The van der Waals surface area contributed by atoms with Crippen LogP contribution in [0.5, 0.6) is 0 Å². The number of anilines is 1. The standard InChI is InChI=1S/C16H14Cl2N2O/c1-16(21,13-4-2-3-5-14(13)17)10-20-12-7-6-11(9-19)15(18)8-12/h2-8,20-21H,10H2,1H3. The van der Waals surface area contributed by atoms with Gasteiger partial charge in [0.15, 0.2) is 0 Å². The minimum absolute atomic E-state index is 0.263. The summed E-state index contributed by atoms with van der Waals surface area (Å²) in [6, 6.07) is 14.2. The van der Waals surface area contributed by atoms with Crippen LogP contribution in [0.3, 0.4) is 0 Å². The molecule has 5 heteroatoms. The molecule has 1 unspecified atom stereocenters. The van der Waals surface area contributed by atoms with E-state index in [-0.39, 0.29) is 6.54 Å². The number of rotatable bonds is 4. The summed E-state index contributed by atoms with van der Waals surface area (Å²) in [7, 11) is 0. The Bertz CT molecular complexity index is 693. The lowest BCUT2D eigenvalue weighted by Gasteiger charge is -2.26. The van der Waals surface area contributed by atoms with Crippen molar-refractivity contribution < 1.29 is 5.11 Å². The van der Waals surface area contributed by atoms with Gasteiger partial charge in [-0.25, -0.2) is 0 Å². The van der Waals surface area contributed by atoms with E-state index in [1.54, 1.807) is 37.3 Å².